The van der Waals surface area contributed by atoms with Gasteiger partial charge in [0, 0.05) is 17.4 Å². The van der Waals surface area contributed by atoms with Gasteiger partial charge in [-0.2, -0.15) is 12.6 Å². The molecule has 2 unspecified atom stereocenters. The summed E-state index contributed by atoms with van der Waals surface area (Å²) in [5.74, 6) is 0.819. The van der Waals surface area contributed by atoms with Crippen molar-refractivity contribution in [3.63, 3.8) is 0 Å². The van der Waals surface area contributed by atoms with E-state index in [0.29, 0.717) is 24.0 Å². The average Bonchev–Trinajstić information content (AvgIpc) is 2.77. The molecule has 1 aliphatic carbocycles. The lowest BCUT2D eigenvalue weighted by Crippen LogP contribution is -2.58. The SMILES string of the molecule is C#Cc1ccccc1C(C(=O)NCC(=O)OC)N(C(=O)C(CS)NC(=O)OC(C)(C)C)C1CCC1. The molecule has 2 atom stereocenters. The Hall–Kier alpha value is -3.19. The lowest BCUT2D eigenvalue weighted by molar-refractivity contribution is -0.148. The van der Waals surface area contributed by atoms with Crippen LogP contribution in [-0.4, -0.2) is 65.9 Å². The molecule has 35 heavy (non-hydrogen) atoms. The van der Waals surface area contributed by atoms with Gasteiger partial charge in [-0.3, -0.25) is 14.4 Å². The highest BCUT2D eigenvalue weighted by atomic mass is 32.1. The highest BCUT2D eigenvalue weighted by molar-refractivity contribution is 7.80. The van der Waals surface area contributed by atoms with Gasteiger partial charge in [0.25, 0.3) is 0 Å². The smallest absolute Gasteiger partial charge is 0.408 e. The molecule has 1 aromatic rings. The number of hydrogen-bond donors (Lipinski definition) is 3. The molecule has 0 spiro atoms. The minimum absolute atomic E-state index is 0.0193. The Balaban J connectivity index is 2.47. The van der Waals surface area contributed by atoms with Gasteiger partial charge in [-0.1, -0.05) is 24.1 Å². The number of carbonyl (C=O) groups is 4. The standard InChI is InChI=1S/C25H33N3O6S/c1-6-16-10-7-8-13-18(16)21(22(30)26-14-20(29)33-5)28(17-11-9-12-17)23(31)19(15-35)27-24(32)34-25(2,3)4/h1,7-8,10,13,17,19,21,35H,9,11-12,14-15H2,2-5H3,(H,26,30)(H,27,32). The Labute approximate surface area is 211 Å². The number of methoxy groups -OCH3 is 1. The minimum Gasteiger partial charge on any atom is -0.468 e. The van der Waals surface area contributed by atoms with E-state index in [-0.39, 0.29) is 18.3 Å². The summed E-state index contributed by atoms with van der Waals surface area (Å²) in [5, 5.41) is 5.11. The molecule has 0 heterocycles. The van der Waals surface area contributed by atoms with Crippen LogP contribution in [0.1, 0.15) is 57.2 Å². The summed E-state index contributed by atoms with van der Waals surface area (Å²) in [6, 6.07) is 4.36. The molecule has 2 N–H and O–H groups in total. The van der Waals surface area contributed by atoms with Gasteiger partial charge < -0.3 is 25.0 Å². The average molecular weight is 504 g/mol. The van der Waals surface area contributed by atoms with E-state index in [4.69, 9.17) is 11.2 Å². The maximum atomic E-state index is 13.8. The maximum Gasteiger partial charge on any atom is 0.408 e. The number of ether oxygens (including phenoxy) is 2. The third-order valence-corrected chi connectivity index (χ3v) is 5.83. The van der Waals surface area contributed by atoms with Gasteiger partial charge in [0.05, 0.1) is 7.11 Å². The molecule has 3 amide bonds. The predicted octanol–water partition coefficient (Wildman–Crippen LogP) is 2.20. The van der Waals surface area contributed by atoms with Crippen LogP contribution in [0.2, 0.25) is 0 Å². The van der Waals surface area contributed by atoms with Crippen molar-refractivity contribution < 1.29 is 28.7 Å². The molecule has 0 radical (unpaired) electrons. The molecule has 0 aromatic heterocycles. The van der Waals surface area contributed by atoms with Crippen molar-refractivity contribution in [3.8, 4) is 12.3 Å². The van der Waals surface area contributed by atoms with Gasteiger partial charge in [-0.15, -0.1) is 6.42 Å². The quantitative estimate of drug-likeness (QED) is 0.271. The topological polar surface area (TPSA) is 114 Å². The third kappa shape index (κ3) is 7.65. The van der Waals surface area contributed by atoms with E-state index in [1.54, 1.807) is 45.0 Å². The molecule has 1 aliphatic rings. The number of amides is 3. The van der Waals surface area contributed by atoms with E-state index in [0.717, 1.165) is 6.42 Å². The van der Waals surface area contributed by atoms with Crippen LogP contribution in [0.15, 0.2) is 24.3 Å². The Morgan fingerprint density at radius 1 is 1.23 bits per heavy atom. The molecule has 0 saturated heterocycles. The third-order valence-electron chi connectivity index (χ3n) is 5.47. The largest absolute Gasteiger partial charge is 0.468 e. The van der Waals surface area contributed by atoms with Crippen molar-refractivity contribution in [1.82, 2.24) is 15.5 Å². The fourth-order valence-corrected chi connectivity index (χ4v) is 3.86. The predicted molar refractivity (Wildman–Crippen MR) is 134 cm³/mol. The van der Waals surface area contributed by atoms with E-state index in [9.17, 15) is 19.2 Å². The van der Waals surface area contributed by atoms with E-state index in [2.05, 4.69) is 33.9 Å². The molecular formula is C25H33N3O6S. The molecule has 10 heteroatoms. The fourth-order valence-electron chi connectivity index (χ4n) is 3.61. The first-order valence-corrected chi connectivity index (χ1v) is 12.0. The van der Waals surface area contributed by atoms with Gasteiger partial charge in [0.15, 0.2) is 0 Å². The molecule has 0 bridgehead atoms. The first-order chi connectivity index (χ1) is 16.5. The second-order valence-corrected chi connectivity index (χ2v) is 9.50. The molecule has 0 aliphatic heterocycles. The van der Waals surface area contributed by atoms with Crippen LogP contribution >= 0.6 is 12.6 Å². The molecule has 1 fully saturated rings. The Bertz CT molecular complexity index is 980. The minimum atomic E-state index is -1.13. The van der Waals surface area contributed by atoms with E-state index < -0.39 is 41.6 Å². The summed E-state index contributed by atoms with van der Waals surface area (Å²) in [5.41, 5.74) is 0.113. The highest BCUT2D eigenvalue weighted by Gasteiger charge is 2.42. The molecule has 190 valence electrons. The number of alkyl carbamates (subject to hydrolysis) is 1. The molecule has 1 saturated carbocycles. The zero-order valence-corrected chi connectivity index (χ0v) is 21.4. The van der Waals surface area contributed by atoms with Crippen LogP contribution in [0.5, 0.6) is 0 Å². The van der Waals surface area contributed by atoms with Crippen LogP contribution < -0.4 is 10.6 Å². The zero-order chi connectivity index (χ0) is 26.2. The first kappa shape index (κ1) is 28.1. The second kappa shape index (κ2) is 12.5. The van der Waals surface area contributed by atoms with Crippen LogP contribution in [0.3, 0.4) is 0 Å². The van der Waals surface area contributed by atoms with E-state index in [1.807, 2.05) is 0 Å². The second-order valence-electron chi connectivity index (χ2n) is 9.14. The van der Waals surface area contributed by atoms with Crippen LogP contribution in [0.4, 0.5) is 4.79 Å². The van der Waals surface area contributed by atoms with E-state index in [1.165, 1.54) is 12.0 Å². The number of nitrogens with one attached hydrogen (secondary N) is 2. The molecule has 2 rings (SSSR count). The molecular weight excluding hydrogens is 470 g/mol. The van der Waals surface area contributed by atoms with Crippen molar-refractivity contribution in [2.75, 3.05) is 19.4 Å². The van der Waals surface area contributed by atoms with Crippen molar-refractivity contribution >= 4 is 36.5 Å². The fraction of sp³-hybridized carbons (Fsp3) is 0.520. The zero-order valence-electron chi connectivity index (χ0n) is 20.5. The molecule has 9 nitrogen and oxygen atoms in total. The van der Waals surface area contributed by atoms with Crippen LogP contribution in [0.25, 0.3) is 0 Å². The van der Waals surface area contributed by atoms with Gasteiger partial charge in [-0.25, -0.2) is 4.79 Å². The first-order valence-electron chi connectivity index (χ1n) is 11.3. The van der Waals surface area contributed by atoms with Crippen molar-refractivity contribution in [2.24, 2.45) is 0 Å². The maximum absolute atomic E-state index is 13.8. The lowest BCUT2D eigenvalue weighted by Gasteiger charge is -2.43. The van der Waals surface area contributed by atoms with Gasteiger partial charge in [0.2, 0.25) is 11.8 Å². The monoisotopic (exact) mass is 503 g/mol. The number of esters is 1. The number of carbonyl (C=O) groups excluding carboxylic acids is 4. The summed E-state index contributed by atoms with van der Waals surface area (Å²) in [6.45, 7) is 4.76. The summed E-state index contributed by atoms with van der Waals surface area (Å²) in [6.07, 6.45) is 7.16. The normalized spacial score (nSPS) is 15.0. The number of rotatable bonds is 9. The van der Waals surface area contributed by atoms with Crippen molar-refractivity contribution in [2.45, 2.75) is 63.8 Å². The summed E-state index contributed by atoms with van der Waals surface area (Å²) >= 11 is 4.27. The number of hydrogen-bond acceptors (Lipinski definition) is 7. The van der Waals surface area contributed by atoms with E-state index >= 15 is 0 Å². The number of nitrogens with zero attached hydrogens (tertiary/aromatic N) is 1. The summed E-state index contributed by atoms with van der Waals surface area (Å²) < 4.78 is 9.91. The Morgan fingerprint density at radius 2 is 1.89 bits per heavy atom. The number of benzene rings is 1. The van der Waals surface area contributed by atoms with Crippen LogP contribution in [0, 0.1) is 12.3 Å². The highest BCUT2D eigenvalue weighted by Crippen LogP contribution is 2.34. The Kier molecular flexibility index (Phi) is 10.0. The molecule has 1 aromatic carbocycles. The van der Waals surface area contributed by atoms with Gasteiger partial charge >= 0.3 is 12.1 Å². The van der Waals surface area contributed by atoms with Crippen molar-refractivity contribution in [1.29, 1.82) is 0 Å². The van der Waals surface area contributed by atoms with Crippen molar-refractivity contribution in [3.05, 3.63) is 35.4 Å². The van der Waals surface area contributed by atoms with Gasteiger partial charge in [-0.05, 0) is 51.7 Å². The summed E-state index contributed by atoms with van der Waals surface area (Å²) in [4.78, 5) is 52.8. The van der Waals surface area contributed by atoms with Crippen LogP contribution in [-0.2, 0) is 23.9 Å². The number of thiol groups is 1. The lowest BCUT2D eigenvalue weighted by atomic mass is 9.87. The Morgan fingerprint density at radius 3 is 2.40 bits per heavy atom. The summed E-state index contributed by atoms with van der Waals surface area (Å²) in [7, 11) is 1.21. The number of terminal acetylenes is 1. The van der Waals surface area contributed by atoms with Gasteiger partial charge in [0.1, 0.15) is 24.2 Å².